The maximum absolute atomic E-state index is 12.3. The van der Waals surface area contributed by atoms with Crippen LogP contribution >= 0.6 is 0 Å². The highest BCUT2D eigenvalue weighted by molar-refractivity contribution is 6.03. The van der Waals surface area contributed by atoms with Crippen molar-refractivity contribution in [3.63, 3.8) is 0 Å². The fourth-order valence-corrected chi connectivity index (χ4v) is 2.77. The van der Waals surface area contributed by atoms with E-state index >= 15 is 0 Å². The third-order valence-corrected chi connectivity index (χ3v) is 4.05. The summed E-state index contributed by atoms with van der Waals surface area (Å²) in [4.78, 5) is 22.4. The van der Waals surface area contributed by atoms with E-state index in [2.05, 4.69) is 10.5 Å². The van der Waals surface area contributed by atoms with E-state index in [1.54, 1.807) is 0 Å². The molecule has 3 aromatic carbocycles. The second-order valence-corrected chi connectivity index (χ2v) is 5.76. The summed E-state index contributed by atoms with van der Waals surface area (Å²) in [6.45, 7) is 2.33. The Balaban J connectivity index is 1.89. The van der Waals surface area contributed by atoms with Gasteiger partial charge in [0.05, 0.1) is 23.3 Å². The van der Waals surface area contributed by atoms with Gasteiger partial charge in [-0.1, -0.05) is 36.4 Å². The van der Waals surface area contributed by atoms with Crippen molar-refractivity contribution < 1.29 is 19.6 Å². The highest BCUT2D eigenvalue weighted by Gasteiger charge is 2.20. The predicted octanol–water partition coefficient (Wildman–Crippen LogP) is 3.62. The van der Waals surface area contributed by atoms with Crippen LogP contribution in [0.1, 0.15) is 22.8 Å². The Labute approximate surface area is 160 Å². The summed E-state index contributed by atoms with van der Waals surface area (Å²) in [7, 11) is 0. The van der Waals surface area contributed by atoms with Gasteiger partial charge in [-0.25, -0.2) is 5.43 Å². The number of hydrogen-bond acceptors (Lipinski definition) is 6. The van der Waals surface area contributed by atoms with Gasteiger partial charge in [0, 0.05) is 11.6 Å². The number of phenolic OH excluding ortho intramolecular Hbond substituents is 1. The zero-order chi connectivity index (χ0) is 20.1. The minimum absolute atomic E-state index is 0.241. The Morgan fingerprint density at radius 2 is 2.00 bits per heavy atom. The molecule has 8 nitrogen and oxygen atoms in total. The van der Waals surface area contributed by atoms with Gasteiger partial charge in [0.2, 0.25) is 5.75 Å². The van der Waals surface area contributed by atoms with E-state index in [4.69, 9.17) is 4.74 Å². The molecule has 0 aliphatic carbocycles. The largest absolute Gasteiger partial charge is 0.502 e. The van der Waals surface area contributed by atoms with Crippen molar-refractivity contribution in [2.75, 3.05) is 6.61 Å². The lowest BCUT2D eigenvalue weighted by molar-refractivity contribution is -0.385. The average molecular weight is 379 g/mol. The number of nitro benzene ring substituents is 1. The van der Waals surface area contributed by atoms with Crippen LogP contribution in [0.5, 0.6) is 11.5 Å². The first-order valence-corrected chi connectivity index (χ1v) is 8.47. The zero-order valence-corrected chi connectivity index (χ0v) is 15.0. The molecule has 8 heteroatoms. The van der Waals surface area contributed by atoms with Crippen molar-refractivity contribution in [3.05, 3.63) is 75.8 Å². The van der Waals surface area contributed by atoms with Gasteiger partial charge < -0.3 is 9.84 Å². The molecule has 0 bridgehead atoms. The van der Waals surface area contributed by atoms with E-state index in [9.17, 15) is 20.0 Å². The van der Waals surface area contributed by atoms with Crippen molar-refractivity contribution in [1.82, 2.24) is 5.43 Å². The molecular formula is C20H17N3O5. The summed E-state index contributed by atoms with van der Waals surface area (Å²) >= 11 is 0. The molecular weight excluding hydrogens is 362 g/mol. The molecule has 0 heterocycles. The molecule has 1 amide bonds. The summed E-state index contributed by atoms with van der Waals surface area (Å²) < 4.78 is 5.63. The Kier molecular flexibility index (Phi) is 5.50. The van der Waals surface area contributed by atoms with Crippen LogP contribution in [0.25, 0.3) is 10.8 Å². The van der Waals surface area contributed by atoms with Crippen molar-refractivity contribution in [1.29, 1.82) is 0 Å². The zero-order valence-electron chi connectivity index (χ0n) is 15.0. The van der Waals surface area contributed by atoms with Crippen LogP contribution in [0.4, 0.5) is 5.69 Å². The van der Waals surface area contributed by atoms with Gasteiger partial charge in [-0.2, -0.15) is 5.10 Å². The number of aromatic hydroxyl groups is 1. The molecule has 0 aliphatic heterocycles. The standard InChI is InChI=1S/C20H17N3O5/c1-2-28-18-11-10-13-6-3-4-7-14(13)16(18)12-21-22-20(25)15-8-5-9-17(19(15)24)23(26)27/h3-12,24H,2H2,1H3,(H,22,25)/b21-12-. The van der Waals surface area contributed by atoms with Gasteiger partial charge in [0.15, 0.2) is 0 Å². The lowest BCUT2D eigenvalue weighted by Crippen LogP contribution is -2.18. The predicted molar refractivity (Wildman–Crippen MR) is 105 cm³/mol. The number of ether oxygens (including phenoxy) is 1. The van der Waals surface area contributed by atoms with Crippen LogP contribution < -0.4 is 10.2 Å². The highest BCUT2D eigenvalue weighted by atomic mass is 16.6. The second kappa shape index (κ2) is 8.17. The van der Waals surface area contributed by atoms with Crippen molar-refractivity contribution in [2.45, 2.75) is 6.92 Å². The van der Waals surface area contributed by atoms with Gasteiger partial charge in [-0.05, 0) is 29.8 Å². The number of nitrogens with one attached hydrogen (secondary N) is 1. The third-order valence-electron chi connectivity index (χ3n) is 4.05. The quantitative estimate of drug-likeness (QED) is 0.386. The minimum Gasteiger partial charge on any atom is -0.502 e. The fourth-order valence-electron chi connectivity index (χ4n) is 2.77. The Bertz CT molecular complexity index is 1080. The topological polar surface area (TPSA) is 114 Å². The maximum Gasteiger partial charge on any atom is 0.311 e. The number of para-hydroxylation sites is 1. The van der Waals surface area contributed by atoms with Gasteiger partial charge in [-0.15, -0.1) is 0 Å². The summed E-state index contributed by atoms with van der Waals surface area (Å²) in [5.74, 6) is -0.867. The first-order chi connectivity index (χ1) is 13.5. The molecule has 0 atom stereocenters. The minimum atomic E-state index is -0.768. The first kappa shape index (κ1) is 18.8. The molecule has 0 saturated heterocycles. The molecule has 0 fully saturated rings. The summed E-state index contributed by atoms with van der Waals surface area (Å²) in [5.41, 5.74) is 2.17. The highest BCUT2D eigenvalue weighted by Crippen LogP contribution is 2.29. The van der Waals surface area contributed by atoms with Crippen LogP contribution in [0.2, 0.25) is 0 Å². The molecule has 0 aliphatic rings. The molecule has 0 unspecified atom stereocenters. The molecule has 28 heavy (non-hydrogen) atoms. The second-order valence-electron chi connectivity index (χ2n) is 5.76. The van der Waals surface area contributed by atoms with Crippen LogP contribution in [0, 0.1) is 10.1 Å². The number of rotatable bonds is 6. The summed E-state index contributed by atoms with van der Waals surface area (Å²) in [6, 6.07) is 15.1. The number of carbonyl (C=O) groups excluding carboxylic acids is 1. The maximum atomic E-state index is 12.3. The number of hydrazone groups is 1. The van der Waals surface area contributed by atoms with Gasteiger partial charge >= 0.3 is 5.69 Å². The average Bonchev–Trinajstić information content (AvgIpc) is 2.69. The smallest absolute Gasteiger partial charge is 0.311 e. The SMILES string of the molecule is CCOc1ccc2ccccc2c1/C=N\NC(=O)c1cccc([N+](=O)[O-])c1O. The van der Waals surface area contributed by atoms with Crippen LogP contribution in [-0.4, -0.2) is 28.8 Å². The van der Waals surface area contributed by atoms with E-state index in [1.807, 2.05) is 43.3 Å². The molecule has 3 aromatic rings. The molecule has 3 rings (SSSR count). The summed E-state index contributed by atoms with van der Waals surface area (Å²) in [6.07, 6.45) is 1.44. The molecule has 0 saturated carbocycles. The van der Waals surface area contributed by atoms with Crippen LogP contribution in [0.3, 0.4) is 0 Å². The molecule has 0 aromatic heterocycles. The van der Waals surface area contributed by atoms with Crippen molar-refractivity contribution in [2.24, 2.45) is 5.10 Å². The van der Waals surface area contributed by atoms with Gasteiger partial charge in [0.1, 0.15) is 5.75 Å². The number of nitro groups is 1. The lowest BCUT2D eigenvalue weighted by atomic mass is 10.0. The van der Waals surface area contributed by atoms with Gasteiger partial charge in [-0.3, -0.25) is 14.9 Å². The van der Waals surface area contributed by atoms with E-state index < -0.39 is 22.3 Å². The number of benzene rings is 3. The van der Waals surface area contributed by atoms with E-state index in [-0.39, 0.29) is 5.56 Å². The van der Waals surface area contributed by atoms with Crippen LogP contribution in [0.15, 0.2) is 59.7 Å². The Morgan fingerprint density at radius 1 is 1.21 bits per heavy atom. The lowest BCUT2D eigenvalue weighted by Gasteiger charge is -2.10. The number of fused-ring (bicyclic) bond motifs is 1. The number of amides is 1. The first-order valence-electron chi connectivity index (χ1n) is 8.47. The number of phenols is 1. The third kappa shape index (κ3) is 3.75. The molecule has 0 spiro atoms. The normalized spacial score (nSPS) is 10.9. The van der Waals surface area contributed by atoms with Gasteiger partial charge in [0.25, 0.3) is 5.91 Å². The fraction of sp³-hybridized carbons (Fsp3) is 0.100. The molecule has 142 valence electrons. The summed E-state index contributed by atoms with van der Waals surface area (Å²) in [5, 5.41) is 26.6. The Hall–Kier alpha value is -3.94. The van der Waals surface area contributed by atoms with Crippen molar-refractivity contribution >= 4 is 28.6 Å². The van der Waals surface area contributed by atoms with E-state index in [0.29, 0.717) is 17.9 Å². The van der Waals surface area contributed by atoms with E-state index in [0.717, 1.165) is 16.8 Å². The number of hydrogen-bond donors (Lipinski definition) is 2. The molecule has 0 radical (unpaired) electrons. The number of nitrogens with zero attached hydrogens (tertiary/aromatic N) is 2. The molecule has 2 N–H and O–H groups in total. The Morgan fingerprint density at radius 3 is 2.75 bits per heavy atom. The van der Waals surface area contributed by atoms with Crippen LogP contribution in [-0.2, 0) is 0 Å². The monoisotopic (exact) mass is 379 g/mol. The van der Waals surface area contributed by atoms with Crippen molar-refractivity contribution in [3.8, 4) is 11.5 Å². The van der Waals surface area contributed by atoms with E-state index in [1.165, 1.54) is 18.3 Å². The number of carbonyl (C=O) groups is 1.